The van der Waals surface area contributed by atoms with Gasteiger partial charge in [-0.05, 0) is 48.4 Å². The van der Waals surface area contributed by atoms with Gasteiger partial charge in [0.05, 0.1) is 5.56 Å². The van der Waals surface area contributed by atoms with Crippen LogP contribution in [-0.2, 0) is 10.4 Å². The first-order chi connectivity index (χ1) is 12.9. The van der Waals surface area contributed by atoms with Gasteiger partial charge in [-0.3, -0.25) is 4.79 Å². The molecule has 2 aromatic rings. The maximum atomic E-state index is 11.8. The van der Waals surface area contributed by atoms with E-state index in [0.717, 1.165) is 5.56 Å². The second-order valence-corrected chi connectivity index (χ2v) is 6.76. The second-order valence-electron chi connectivity index (χ2n) is 6.76. The van der Waals surface area contributed by atoms with E-state index in [-0.39, 0.29) is 17.9 Å². The fourth-order valence-corrected chi connectivity index (χ4v) is 3.57. The molecule has 5 heteroatoms. The number of aliphatic hydroxyl groups is 1. The number of aromatic carboxylic acids is 1. The van der Waals surface area contributed by atoms with E-state index in [0.29, 0.717) is 31.2 Å². The van der Waals surface area contributed by atoms with Crippen LogP contribution in [0.4, 0.5) is 0 Å². The summed E-state index contributed by atoms with van der Waals surface area (Å²) in [5.74, 6) is -1.94. The van der Waals surface area contributed by atoms with Crippen LogP contribution in [0.25, 0.3) is 0 Å². The Morgan fingerprint density at radius 3 is 2.04 bits per heavy atom. The van der Waals surface area contributed by atoms with Gasteiger partial charge < -0.3 is 15.3 Å². The van der Waals surface area contributed by atoms with Crippen LogP contribution in [0.5, 0.6) is 0 Å². The number of hydrogen-bond donors (Lipinski definition) is 3. The second kappa shape index (κ2) is 9.33. The van der Waals surface area contributed by atoms with Crippen LogP contribution in [0.15, 0.2) is 54.6 Å². The van der Waals surface area contributed by atoms with Gasteiger partial charge in [0.2, 0.25) is 0 Å². The molecule has 0 bridgehead atoms. The summed E-state index contributed by atoms with van der Waals surface area (Å²) < 4.78 is 0. The molecular formula is C22H26O5. The lowest BCUT2D eigenvalue weighted by molar-refractivity contribution is -0.137. The number of unbranched alkanes of at least 4 members (excludes halogenated alkanes) is 1. The fraction of sp³-hybridized carbons (Fsp3) is 0.364. The normalized spacial score (nSPS) is 14.3. The van der Waals surface area contributed by atoms with E-state index in [2.05, 4.69) is 0 Å². The molecule has 0 aromatic heterocycles. The summed E-state index contributed by atoms with van der Waals surface area (Å²) in [6, 6.07) is 15.7. The van der Waals surface area contributed by atoms with Crippen molar-refractivity contribution in [3.8, 4) is 0 Å². The van der Waals surface area contributed by atoms with E-state index in [4.69, 9.17) is 10.2 Å². The minimum Gasteiger partial charge on any atom is -0.481 e. The van der Waals surface area contributed by atoms with Crippen LogP contribution >= 0.6 is 0 Å². The molecule has 0 amide bonds. The average molecular weight is 370 g/mol. The molecule has 0 aliphatic carbocycles. The molecule has 0 aliphatic rings. The number of aliphatic carboxylic acids is 1. The van der Waals surface area contributed by atoms with Gasteiger partial charge in [-0.2, -0.15) is 0 Å². The molecular weight excluding hydrogens is 344 g/mol. The zero-order valence-corrected chi connectivity index (χ0v) is 15.5. The van der Waals surface area contributed by atoms with Crippen LogP contribution < -0.4 is 0 Å². The van der Waals surface area contributed by atoms with E-state index >= 15 is 0 Å². The molecule has 2 aromatic carbocycles. The lowest BCUT2D eigenvalue weighted by atomic mass is 9.72. The van der Waals surface area contributed by atoms with Crippen molar-refractivity contribution >= 4 is 11.9 Å². The predicted octanol–water partition coefficient (Wildman–Crippen LogP) is 4.29. The summed E-state index contributed by atoms with van der Waals surface area (Å²) in [4.78, 5) is 21.9. The van der Waals surface area contributed by atoms with Crippen LogP contribution in [0, 0.1) is 5.92 Å². The number of carboxylic acids is 2. The third-order valence-electron chi connectivity index (χ3n) is 5.06. The van der Waals surface area contributed by atoms with E-state index in [1.165, 1.54) is 12.1 Å². The highest BCUT2D eigenvalue weighted by Gasteiger charge is 2.38. The summed E-state index contributed by atoms with van der Waals surface area (Å²) in [5, 5.41) is 29.7. The standard InChI is InChI=1S/C22H26O5/c1-2-17(8-6-7-11-20(23)24)22(27,18-9-4-3-5-10-18)19-14-12-16(13-15-19)21(25)26/h3-5,9-10,12-15,17,27H,2,6-8,11H2,1H3,(H,23,24)(H,25,26). The lowest BCUT2D eigenvalue weighted by Crippen LogP contribution is -2.36. The van der Waals surface area contributed by atoms with Gasteiger partial charge in [0.1, 0.15) is 5.60 Å². The Morgan fingerprint density at radius 1 is 0.926 bits per heavy atom. The zero-order chi connectivity index (χ0) is 19.9. The molecule has 5 nitrogen and oxygen atoms in total. The molecule has 0 fully saturated rings. The van der Waals surface area contributed by atoms with Crippen molar-refractivity contribution in [2.24, 2.45) is 5.92 Å². The summed E-state index contributed by atoms with van der Waals surface area (Å²) in [6.45, 7) is 2.00. The van der Waals surface area contributed by atoms with E-state index < -0.39 is 17.5 Å². The predicted molar refractivity (Wildman–Crippen MR) is 103 cm³/mol. The van der Waals surface area contributed by atoms with E-state index in [1.807, 2.05) is 37.3 Å². The fourth-order valence-electron chi connectivity index (χ4n) is 3.57. The molecule has 0 aliphatic heterocycles. The molecule has 3 N–H and O–H groups in total. The van der Waals surface area contributed by atoms with Crippen molar-refractivity contribution in [3.63, 3.8) is 0 Å². The maximum Gasteiger partial charge on any atom is 0.335 e. The smallest absolute Gasteiger partial charge is 0.335 e. The van der Waals surface area contributed by atoms with Crippen molar-refractivity contribution in [3.05, 3.63) is 71.3 Å². The Labute approximate surface area is 159 Å². The quantitative estimate of drug-likeness (QED) is 0.542. The first-order valence-corrected chi connectivity index (χ1v) is 9.23. The molecule has 144 valence electrons. The SMILES string of the molecule is CCC(CCCCC(=O)O)C(O)(c1ccccc1)c1ccc(C(=O)O)cc1. The molecule has 0 saturated carbocycles. The van der Waals surface area contributed by atoms with Gasteiger partial charge in [0.25, 0.3) is 0 Å². The third-order valence-corrected chi connectivity index (χ3v) is 5.06. The van der Waals surface area contributed by atoms with Gasteiger partial charge in [-0.15, -0.1) is 0 Å². The van der Waals surface area contributed by atoms with E-state index in [9.17, 15) is 14.7 Å². The number of benzene rings is 2. The summed E-state index contributed by atoms with van der Waals surface area (Å²) >= 11 is 0. The van der Waals surface area contributed by atoms with Gasteiger partial charge in [0, 0.05) is 6.42 Å². The summed E-state index contributed by atoms with van der Waals surface area (Å²) in [5.41, 5.74) is 0.293. The highest BCUT2D eigenvalue weighted by atomic mass is 16.4. The highest BCUT2D eigenvalue weighted by molar-refractivity contribution is 5.87. The van der Waals surface area contributed by atoms with Crippen molar-refractivity contribution in [1.29, 1.82) is 0 Å². The highest BCUT2D eigenvalue weighted by Crippen LogP contribution is 2.41. The Bertz CT molecular complexity index is 754. The van der Waals surface area contributed by atoms with E-state index in [1.54, 1.807) is 12.1 Å². The largest absolute Gasteiger partial charge is 0.481 e. The van der Waals surface area contributed by atoms with Gasteiger partial charge >= 0.3 is 11.9 Å². The lowest BCUT2D eigenvalue weighted by Gasteiger charge is -2.37. The van der Waals surface area contributed by atoms with Crippen molar-refractivity contribution in [1.82, 2.24) is 0 Å². The molecule has 2 atom stereocenters. The molecule has 0 heterocycles. The summed E-state index contributed by atoms with van der Waals surface area (Å²) in [6.07, 6.45) is 2.77. The van der Waals surface area contributed by atoms with Crippen LogP contribution in [0.2, 0.25) is 0 Å². The Balaban J connectivity index is 2.37. The molecule has 0 spiro atoms. The molecule has 0 saturated heterocycles. The molecule has 0 radical (unpaired) electrons. The number of carbonyl (C=O) groups is 2. The first-order valence-electron chi connectivity index (χ1n) is 9.23. The topological polar surface area (TPSA) is 94.8 Å². The third kappa shape index (κ3) is 4.95. The van der Waals surface area contributed by atoms with Gasteiger partial charge in [0.15, 0.2) is 0 Å². The number of carboxylic acid groups (broad SMARTS) is 2. The molecule has 2 unspecified atom stereocenters. The summed E-state index contributed by atoms with van der Waals surface area (Å²) in [7, 11) is 0. The van der Waals surface area contributed by atoms with Gasteiger partial charge in [-0.1, -0.05) is 55.8 Å². The van der Waals surface area contributed by atoms with Crippen LogP contribution in [-0.4, -0.2) is 27.3 Å². The van der Waals surface area contributed by atoms with Crippen molar-refractivity contribution in [2.45, 2.75) is 44.6 Å². The zero-order valence-electron chi connectivity index (χ0n) is 15.5. The number of rotatable bonds is 10. The Kier molecular flexibility index (Phi) is 7.13. The Morgan fingerprint density at radius 2 is 1.52 bits per heavy atom. The van der Waals surface area contributed by atoms with Crippen molar-refractivity contribution < 1.29 is 24.9 Å². The Hall–Kier alpha value is -2.66. The molecule has 2 rings (SSSR count). The van der Waals surface area contributed by atoms with Crippen molar-refractivity contribution in [2.75, 3.05) is 0 Å². The number of hydrogen-bond acceptors (Lipinski definition) is 3. The first kappa shape index (κ1) is 20.6. The minimum absolute atomic E-state index is 0.119. The average Bonchev–Trinajstić information content (AvgIpc) is 2.68. The molecule has 27 heavy (non-hydrogen) atoms. The maximum absolute atomic E-state index is 11.8. The van der Waals surface area contributed by atoms with Crippen LogP contribution in [0.1, 0.15) is 60.5 Å². The minimum atomic E-state index is -1.27. The van der Waals surface area contributed by atoms with Gasteiger partial charge in [-0.25, -0.2) is 4.79 Å². The van der Waals surface area contributed by atoms with Crippen LogP contribution in [0.3, 0.4) is 0 Å². The monoisotopic (exact) mass is 370 g/mol.